The summed E-state index contributed by atoms with van der Waals surface area (Å²) in [5.74, 6) is -1.84. The summed E-state index contributed by atoms with van der Waals surface area (Å²) in [4.78, 5) is 35.3. The van der Waals surface area contributed by atoms with E-state index >= 15 is 0 Å². The minimum absolute atomic E-state index is 0.0867. The number of Topliss-reactive ketones (excluding diaryl/α,β-unsaturated/α-hetero) is 1. The first-order valence-electron chi connectivity index (χ1n) is 8.07. The summed E-state index contributed by atoms with van der Waals surface area (Å²) < 4.78 is 43.1. The number of hydrogen-bond acceptors (Lipinski definition) is 4. The molecule has 1 N–H and O–H groups in total. The van der Waals surface area contributed by atoms with Gasteiger partial charge in [0, 0.05) is 17.7 Å². The van der Waals surface area contributed by atoms with Gasteiger partial charge in [-0.3, -0.25) is 14.4 Å². The van der Waals surface area contributed by atoms with Gasteiger partial charge in [0.25, 0.3) is 5.91 Å². The van der Waals surface area contributed by atoms with Crippen LogP contribution in [0.1, 0.15) is 28.8 Å². The molecule has 0 bridgehead atoms. The average Bonchev–Trinajstić information content (AvgIpc) is 2.65. The van der Waals surface area contributed by atoms with Crippen LogP contribution in [0.4, 0.5) is 18.9 Å². The lowest BCUT2D eigenvalue weighted by molar-refractivity contribution is -0.147. The maximum absolute atomic E-state index is 12.8. The topological polar surface area (TPSA) is 72.5 Å². The van der Waals surface area contributed by atoms with Crippen molar-refractivity contribution in [3.63, 3.8) is 0 Å². The molecule has 0 aliphatic heterocycles. The highest BCUT2D eigenvalue weighted by Gasteiger charge is 2.33. The van der Waals surface area contributed by atoms with Crippen LogP contribution in [0.5, 0.6) is 0 Å². The molecule has 0 fully saturated rings. The van der Waals surface area contributed by atoms with Crippen molar-refractivity contribution in [2.24, 2.45) is 0 Å². The number of rotatable bonds is 7. The number of nitrogens with one attached hydrogen (secondary N) is 1. The summed E-state index contributed by atoms with van der Waals surface area (Å²) in [6, 6.07) is 11.2. The van der Waals surface area contributed by atoms with Crippen molar-refractivity contribution in [1.29, 1.82) is 0 Å². The van der Waals surface area contributed by atoms with Crippen molar-refractivity contribution in [3.05, 3.63) is 64.7 Å². The normalized spacial score (nSPS) is 11.0. The van der Waals surface area contributed by atoms with Crippen LogP contribution in [0.2, 0.25) is 5.02 Å². The van der Waals surface area contributed by atoms with Crippen LogP contribution in [0.15, 0.2) is 48.5 Å². The Kier molecular flexibility index (Phi) is 7.17. The van der Waals surface area contributed by atoms with E-state index in [-0.39, 0.29) is 24.3 Å². The molecule has 0 aromatic heterocycles. The Labute approximate surface area is 163 Å². The highest BCUT2D eigenvalue weighted by Crippen LogP contribution is 2.36. The highest BCUT2D eigenvalue weighted by atomic mass is 35.5. The first kappa shape index (κ1) is 21.4. The standard InChI is InChI=1S/C19H15ClF3NO4/c20-15-7-6-13(10-14(15)19(21,22)23)24-17(26)11-28-18(27)9-8-16(25)12-4-2-1-3-5-12/h1-7,10H,8-9,11H2,(H,24,26). The Hall–Kier alpha value is -2.87. The zero-order valence-electron chi connectivity index (χ0n) is 14.4. The van der Waals surface area contributed by atoms with Gasteiger partial charge < -0.3 is 10.1 Å². The van der Waals surface area contributed by atoms with Crippen LogP contribution in [-0.2, 0) is 20.5 Å². The molecular formula is C19H15ClF3NO4. The van der Waals surface area contributed by atoms with Crippen LogP contribution in [0.3, 0.4) is 0 Å². The fraction of sp³-hybridized carbons (Fsp3) is 0.211. The average molecular weight is 414 g/mol. The number of halogens is 4. The number of benzene rings is 2. The molecule has 28 heavy (non-hydrogen) atoms. The predicted octanol–water partition coefficient (Wildman–Crippen LogP) is 4.50. The monoisotopic (exact) mass is 413 g/mol. The zero-order valence-corrected chi connectivity index (χ0v) is 15.1. The van der Waals surface area contributed by atoms with Gasteiger partial charge in [-0.2, -0.15) is 13.2 Å². The number of ether oxygens (including phenoxy) is 1. The molecule has 0 aliphatic rings. The molecule has 0 aliphatic carbocycles. The molecule has 1 amide bonds. The van der Waals surface area contributed by atoms with Gasteiger partial charge >= 0.3 is 12.1 Å². The maximum atomic E-state index is 12.8. The van der Waals surface area contributed by atoms with Crippen LogP contribution < -0.4 is 5.32 Å². The van der Waals surface area contributed by atoms with E-state index in [1.807, 2.05) is 0 Å². The van der Waals surface area contributed by atoms with Crippen molar-refractivity contribution in [3.8, 4) is 0 Å². The fourth-order valence-electron chi connectivity index (χ4n) is 2.22. The summed E-state index contributed by atoms with van der Waals surface area (Å²) in [5, 5.41) is 1.69. The van der Waals surface area contributed by atoms with Crippen molar-refractivity contribution >= 4 is 34.9 Å². The molecule has 148 valence electrons. The van der Waals surface area contributed by atoms with E-state index in [0.29, 0.717) is 11.6 Å². The minimum Gasteiger partial charge on any atom is -0.456 e. The third-order valence-electron chi connectivity index (χ3n) is 3.57. The van der Waals surface area contributed by atoms with E-state index in [1.54, 1.807) is 30.3 Å². The highest BCUT2D eigenvalue weighted by molar-refractivity contribution is 6.31. The fourth-order valence-corrected chi connectivity index (χ4v) is 2.44. The number of carbonyl (C=O) groups is 3. The van der Waals surface area contributed by atoms with Gasteiger partial charge in [0.15, 0.2) is 12.4 Å². The molecule has 2 aromatic carbocycles. The number of carbonyl (C=O) groups excluding carboxylic acids is 3. The van der Waals surface area contributed by atoms with Crippen molar-refractivity contribution in [2.45, 2.75) is 19.0 Å². The van der Waals surface area contributed by atoms with E-state index in [9.17, 15) is 27.6 Å². The lowest BCUT2D eigenvalue weighted by Crippen LogP contribution is -2.21. The van der Waals surface area contributed by atoms with Gasteiger partial charge in [0.1, 0.15) is 0 Å². The molecule has 0 heterocycles. The molecule has 5 nitrogen and oxygen atoms in total. The lowest BCUT2D eigenvalue weighted by Gasteiger charge is -2.12. The second kappa shape index (κ2) is 9.36. The van der Waals surface area contributed by atoms with Crippen LogP contribution >= 0.6 is 11.6 Å². The molecule has 0 saturated carbocycles. The summed E-state index contributed by atoms with van der Waals surface area (Å²) in [6.45, 7) is -0.692. The number of anilines is 1. The predicted molar refractivity (Wildman–Crippen MR) is 96.0 cm³/mol. The van der Waals surface area contributed by atoms with Gasteiger partial charge in [-0.05, 0) is 18.2 Å². The quantitative estimate of drug-likeness (QED) is 0.535. The van der Waals surface area contributed by atoms with Crippen molar-refractivity contribution in [2.75, 3.05) is 11.9 Å². The SMILES string of the molecule is O=C(COC(=O)CCC(=O)c1ccccc1)Nc1ccc(Cl)c(C(F)(F)F)c1. The molecule has 0 radical (unpaired) electrons. The van der Waals surface area contributed by atoms with Crippen molar-refractivity contribution < 1.29 is 32.3 Å². The molecule has 2 aromatic rings. The smallest absolute Gasteiger partial charge is 0.417 e. The maximum Gasteiger partial charge on any atom is 0.417 e. The largest absolute Gasteiger partial charge is 0.456 e. The van der Waals surface area contributed by atoms with Crippen LogP contribution in [0.25, 0.3) is 0 Å². The van der Waals surface area contributed by atoms with E-state index in [4.69, 9.17) is 16.3 Å². The van der Waals surface area contributed by atoms with E-state index in [1.165, 1.54) is 6.07 Å². The summed E-state index contributed by atoms with van der Waals surface area (Å²) in [7, 11) is 0. The van der Waals surface area contributed by atoms with Gasteiger partial charge in [-0.15, -0.1) is 0 Å². The summed E-state index contributed by atoms with van der Waals surface area (Å²) >= 11 is 5.50. The van der Waals surface area contributed by atoms with Gasteiger partial charge in [-0.25, -0.2) is 0 Å². The molecule has 0 saturated heterocycles. The summed E-state index contributed by atoms with van der Waals surface area (Å²) in [6.07, 6.45) is -4.98. The number of alkyl halides is 3. The molecule has 0 unspecified atom stereocenters. The Morgan fingerprint density at radius 1 is 1.00 bits per heavy atom. The number of amides is 1. The van der Waals surface area contributed by atoms with E-state index in [0.717, 1.165) is 6.07 Å². The summed E-state index contributed by atoms with van der Waals surface area (Å²) in [5.41, 5.74) is -0.781. The molecule has 9 heteroatoms. The Bertz CT molecular complexity index is 869. The Morgan fingerprint density at radius 2 is 1.68 bits per heavy atom. The van der Waals surface area contributed by atoms with Gasteiger partial charge in [-0.1, -0.05) is 41.9 Å². The van der Waals surface area contributed by atoms with Crippen LogP contribution in [0, 0.1) is 0 Å². The van der Waals surface area contributed by atoms with Gasteiger partial charge in [0.05, 0.1) is 17.0 Å². The number of ketones is 1. The second-order valence-corrected chi connectivity index (χ2v) is 6.10. The minimum atomic E-state index is -4.67. The third kappa shape index (κ3) is 6.38. The second-order valence-electron chi connectivity index (χ2n) is 5.69. The molecule has 0 atom stereocenters. The van der Waals surface area contributed by atoms with Crippen LogP contribution in [-0.4, -0.2) is 24.3 Å². The molecular weight excluding hydrogens is 399 g/mol. The lowest BCUT2D eigenvalue weighted by atomic mass is 10.1. The number of esters is 1. The molecule has 2 rings (SSSR count). The van der Waals surface area contributed by atoms with E-state index < -0.39 is 35.2 Å². The Balaban J connectivity index is 1.81. The zero-order chi connectivity index (χ0) is 20.7. The van der Waals surface area contributed by atoms with E-state index in [2.05, 4.69) is 5.32 Å². The number of hydrogen-bond donors (Lipinski definition) is 1. The van der Waals surface area contributed by atoms with Crippen molar-refractivity contribution in [1.82, 2.24) is 0 Å². The third-order valence-corrected chi connectivity index (χ3v) is 3.90. The first-order chi connectivity index (χ1) is 13.2. The van der Waals surface area contributed by atoms with Gasteiger partial charge in [0.2, 0.25) is 0 Å². The Morgan fingerprint density at radius 3 is 2.32 bits per heavy atom. The first-order valence-corrected chi connectivity index (χ1v) is 8.45. The molecule has 0 spiro atoms.